The van der Waals surface area contributed by atoms with Gasteiger partial charge in [-0.15, -0.1) is 11.3 Å². The molecule has 1 aromatic carbocycles. The number of nitrogens with one attached hydrogen (secondary N) is 1. The van der Waals surface area contributed by atoms with E-state index in [1.54, 1.807) is 42.9 Å². The third-order valence-electron chi connectivity index (χ3n) is 5.43. The molecule has 32 heavy (non-hydrogen) atoms. The third-order valence-corrected chi connectivity index (χ3v) is 6.31. The lowest BCUT2D eigenvalue weighted by Gasteiger charge is -2.23. The van der Waals surface area contributed by atoms with Crippen LogP contribution in [0.5, 0.6) is 0 Å². The molecule has 7 nitrogen and oxygen atoms in total. The first-order valence-corrected chi connectivity index (χ1v) is 10.6. The van der Waals surface area contributed by atoms with Gasteiger partial charge in [-0.1, -0.05) is 18.2 Å². The fraction of sp³-hybridized carbons (Fsp3) is 0.238. The first-order valence-electron chi connectivity index (χ1n) is 9.68. The zero-order chi connectivity index (χ0) is 22.5. The average Bonchev–Trinajstić information content (AvgIpc) is 3.48. The van der Waals surface area contributed by atoms with Gasteiger partial charge in [-0.25, -0.2) is 9.97 Å². The highest BCUT2D eigenvalue weighted by molar-refractivity contribution is 7.13. The molecular weight excluding hydrogens is 443 g/mol. The number of fused-ring (bicyclic) bond motifs is 1. The van der Waals surface area contributed by atoms with E-state index < -0.39 is 24.2 Å². The topological polar surface area (TPSA) is 95.0 Å². The van der Waals surface area contributed by atoms with Crippen molar-refractivity contribution in [2.75, 3.05) is 13.1 Å². The van der Waals surface area contributed by atoms with Crippen LogP contribution >= 0.6 is 11.3 Å². The molecule has 0 radical (unpaired) electrons. The van der Waals surface area contributed by atoms with Crippen molar-refractivity contribution in [3.05, 3.63) is 53.8 Å². The number of aliphatic hydroxyl groups is 1. The molecule has 1 fully saturated rings. The van der Waals surface area contributed by atoms with Crippen LogP contribution in [0.1, 0.15) is 12.0 Å². The Kier molecular flexibility index (Phi) is 4.75. The second-order valence-corrected chi connectivity index (χ2v) is 8.38. The summed E-state index contributed by atoms with van der Waals surface area (Å²) in [7, 11) is 0. The molecule has 1 aliphatic rings. The number of H-pyrrole nitrogens is 1. The minimum Gasteiger partial charge on any atom is -0.375 e. The van der Waals surface area contributed by atoms with Gasteiger partial charge in [0.2, 0.25) is 0 Å². The second kappa shape index (κ2) is 7.38. The Labute approximate surface area is 183 Å². The molecule has 4 aromatic rings. The lowest BCUT2D eigenvalue weighted by molar-refractivity contribution is -0.164. The fourth-order valence-corrected chi connectivity index (χ4v) is 4.73. The normalized spacial score (nSPS) is 19.2. The maximum Gasteiger partial charge on any atom is 0.406 e. The van der Waals surface area contributed by atoms with Crippen molar-refractivity contribution in [1.29, 1.82) is 0 Å². The number of hydrogen-bond acceptors (Lipinski definition) is 6. The highest BCUT2D eigenvalue weighted by Crippen LogP contribution is 2.37. The number of likely N-dealkylation sites (tertiary alicyclic amines) is 1. The summed E-state index contributed by atoms with van der Waals surface area (Å²) in [6, 6.07) is 6.57. The average molecular weight is 459 g/mol. The number of benzene rings is 1. The van der Waals surface area contributed by atoms with Crippen molar-refractivity contribution < 1.29 is 23.1 Å². The fourth-order valence-electron chi connectivity index (χ4n) is 3.88. The standard InChI is InChI=1S/C21H16F3N5O2S/c22-21(23,24)11-29-7-4-20(31,19(29)30)13-3-1-2-12(8-13)15-10-32-18(28-15)14-9-27-17-16(14)25-5-6-26-17/h1-3,5-6,8-10,31H,4,7,11H2,(H,26,27)/t20-/m1/s1. The number of amides is 1. The van der Waals surface area contributed by atoms with E-state index >= 15 is 0 Å². The van der Waals surface area contributed by atoms with Gasteiger partial charge in [0, 0.05) is 42.5 Å². The zero-order valence-electron chi connectivity index (χ0n) is 16.4. The first-order chi connectivity index (χ1) is 15.2. The molecule has 1 amide bonds. The molecule has 0 unspecified atom stereocenters. The Morgan fingerprint density at radius 3 is 2.88 bits per heavy atom. The number of halogens is 3. The van der Waals surface area contributed by atoms with Crippen molar-refractivity contribution in [1.82, 2.24) is 24.8 Å². The molecule has 5 rings (SSSR count). The van der Waals surface area contributed by atoms with Crippen LogP contribution in [0.3, 0.4) is 0 Å². The van der Waals surface area contributed by atoms with Crippen LogP contribution in [0.4, 0.5) is 13.2 Å². The van der Waals surface area contributed by atoms with Crippen molar-refractivity contribution in [3.63, 3.8) is 0 Å². The summed E-state index contributed by atoms with van der Waals surface area (Å²) >= 11 is 1.40. The van der Waals surface area contributed by atoms with Gasteiger partial charge in [-0.05, 0) is 11.6 Å². The maximum absolute atomic E-state index is 12.7. The van der Waals surface area contributed by atoms with Gasteiger partial charge in [0.15, 0.2) is 11.2 Å². The number of carbonyl (C=O) groups is 1. The molecule has 1 saturated heterocycles. The van der Waals surface area contributed by atoms with Crippen LogP contribution < -0.4 is 0 Å². The predicted octanol–water partition coefficient (Wildman–Crippen LogP) is 3.73. The minimum atomic E-state index is -4.52. The van der Waals surface area contributed by atoms with Gasteiger partial charge in [0.05, 0.1) is 11.3 Å². The largest absolute Gasteiger partial charge is 0.406 e. The van der Waals surface area contributed by atoms with Crippen LogP contribution in [0.25, 0.3) is 33.0 Å². The van der Waals surface area contributed by atoms with Crippen molar-refractivity contribution in [3.8, 4) is 21.8 Å². The number of alkyl halides is 3. The molecule has 0 aliphatic carbocycles. The number of aromatic nitrogens is 4. The van der Waals surface area contributed by atoms with Crippen LogP contribution in [0.2, 0.25) is 0 Å². The van der Waals surface area contributed by atoms with Crippen LogP contribution in [0, 0.1) is 0 Å². The minimum absolute atomic E-state index is 0.109. The number of thiazole rings is 1. The molecule has 0 spiro atoms. The molecule has 1 atom stereocenters. The van der Waals surface area contributed by atoms with Gasteiger partial charge >= 0.3 is 6.18 Å². The Balaban J connectivity index is 1.45. The predicted molar refractivity (Wildman–Crippen MR) is 112 cm³/mol. The van der Waals surface area contributed by atoms with Gasteiger partial charge in [0.25, 0.3) is 5.91 Å². The highest BCUT2D eigenvalue weighted by Gasteiger charge is 2.49. The SMILES string of the molecule is O=C1N(CC(F)(F)F)CC[C@@]1(O)c1cccc(-c2csc(-c3c[nH]c4nccnc34)n2)c1. The summed E-state index contributed by atoms with van der Waals surface area (Å²) in [5.74, 6) is -0.941. The second-order valence-electron chi connectivity index (χ2n) is 7.53. The van der Waals surface area contributed by atoms with Crippen molar-refractivity contribution in [2.45, 2.75) is 18.2 Å². The molecule has 0 saturated carbocycles. The van der Waals surface area contributed by atoms with E-state index in [1.807, 2.05) is 5.38 Å². The molecule has 164 valence electrons. The van der Waals surface area contributed by atoms with E-state index in [1.165, 1.54) is 11.3 Å². The molecule has 3 aromatic heterocycles. The summed E-state index contributed by atoms with van der Waals surface area (Å²) in [6.45, 7) is -1.54. The van der Waals surface area contributed by atoms with E-state index in [9.17, 15) is 23.1 Å². The lowest BCUT2D eigenvalue weighted by atomic mass is 9.90. The highest BCUT2D eigenvalue weighted by atomic mass is 32.1. The van der Waals surface area contributed by atoms with E-state index in [2.05, 4.69) is 19.9 Å². The smallest absolute Gasteiger partial charge is 0.375 e. The number of aromatic amines is 1. The molecule has 11 heteroatoms. The Morgan fingerprint density at radius 1 is 1.25 bits per heavy atom. The van der Waals surface area contributed by atoms with Crippen molar-refractivity contribution >= 4 is 28.4 Å². The first kappa shape index (κ1) is 20.6. The van der Waals surface area contributed by atoms with Gasteiger partial charge < -0.3 is 15.0 Å². The Hall–Kier alpha value is -3.31. The van der Waals surface area contributed by atoms with Crippen LogP contribution in [-0.4, -0.2) is 55.1 Å². The van der Waals surface area contributed by atoms with Crippen molar-refractivity contribution in [2.24, 2.45) is 0 Å². The summed E-state index contributed by atoms with van der Waals surface area (Å²) in [4.78, 5) is 29.5. The van der Waals surface area contributed by atoms with E-state index in [4.69, 9.17) is 0 Å². The molecule has 0 bridgehead atoms. The number of nitrogens with zero attached hydrogens (tertiary/aromatic N) is 4. The molecular formula is C21H16F3N5O2S. The third kappa shape index (κ3) is 3.53. The summed E-state index contributed by atoms with van der Waals surface area (Å²) in [6.07, 6.45) is 0.332. The summed E-state index contributed by atoms with van der Waals surface area (Å²) in [5, 5.41) is 13.5. The van der Waals surface area contributed by atoms with Crippen LogP contribution in [-0.2, 0) is 10.4 Å². The van der Waals surface area contributed by atoms with Crippen LogP contribution in [0.15, 0.2) is 48.2 Å². The number of carbonyl (C=O) groups excluding carboxylic acids is 1. The number of rotatable bonds is 4. The van der Waals surface area contributed by atoms with Gasteiger partial charge in [0.1, 0.15) is 17.1 Å². The monoisotopic (exact) mass is 459 g/mol. The molecule has 2 N–H and O–H groups in total. The van der Waals surface area contributed by atoms with E-state index in [0.717, 1.165) is 5.56 Å². The summed E-state index contributed by atoms with van der Waals surface area (Å²) < 4.78 is 38.2. The lowest BCUT2D eigenvalue weighted by Crippen LogP contribution is -2.41. The van der Waals surface area contributed by atoms with Gasteiger partial charge in [-0.2, -0.15) is 13.2 Å². The van der Waals surface area contributed by atoms with E-state index in [-0.39, 0.29) is 18.5 Å². The Morgan fingerprint density at radius 2 is 2.06 bits per heavy atom. The van der Waals surface area contributed by atoms with Gasteiger partial charge in [-0.3, -0.25) is 9.78 Å². The number of hydrogen-bond donors (Lipinski definition) is 2. The van der Waals surface area contributed by atoms with E-state index in [0.29, 0.717) is 32.3 Å². The Bertz CT molecular complexity index is 1320. The molecule has 1 aliphatic heterocycles. The maximum atomic E-state index is 12.7. The molecule has 4 heterocycles. The zero-order valence-corrected chi connectivity index (χ0v) is 17.2. The quantitative estimate of drug-likeness (QED) is 0.485. The summed E-state index contributed by atoms with van der Waals surface area (Å²) in [5.41, 5.74) is 1.65.